The monoisotopic (exact) mass is 321 g/mol. The second-order valence-electron chi connectivity index (χ2n) is 4.22. The number of anilines is 1. The largest absolute Gasteiger partial charge is 0.492 e. The second-order valence-corrected chi connectivity index (χ2v) is 5.71. The van der Waals surface area contributed by atoms with Gasteiger partial charge in [0.1, 0.15) is 5.75 Å². The van der Waals surface area contributed by atoms with Gasteiger partial charge in [-0.2, -0.15) is 0 Å². The van der Waals surface area contributed by atoms with Crippen LogP contribution in [0.3, 0.4) is 0 Å². The molecule has 2 aromatic carbocycles. The van der Waals surface area contributed by atoms with Crippen molar-refractivity contribution in [3.8, 4) is 5.75 Å². The van der Waals surface area contributed by atoms with Gasteiger partial charge in [-0.05, 0) is 43.3 Å². The number of benzene rings is 2. The molecule has 0 aliphatic rings. The number of rotatable bonds is 6. The highest BCUT2D eigenvalue weighted by Crippen LogP contribution is 2.25. The summed E-state index contributed by atoms with van der Waals surface area (Å²) < 4.78 is 5.48. The molecule has 0 spiro atoms. The smallest absolute Gasteiger partial charge is 0.234 e. The number of hydrogen-bond acceptors (Lipinski definition) is 3. The van der Waals surface area contributed by atoms with Gasteiger partial charge in [0.05, 0.1) is 18.0 Å². The summed E-state index contributed by atoms with van der Waals surface area (Å²) in [6, 6.07) is 14.8. The molecular formula is C16H16ClNO2S. The van der Waals surface area contributed by atoms with Crippen LogP contribution in [-0.2, 0) is 4.79 Å². The summed E-state index contributed by atoms with van der Waals surface area (Å²) in [5.74, 6) is 0.953. The third-order valence-corrected chi connectivity index (χ3v) is 3.91. The summed E-state index contributed by atoms with van der Waals surface area (Å²) in [5, 5.41) is 3.56. The predicted molar refractivity (Wildman–Crippen MR) is 88.4 cm³/mol. The fourth-order valence-electron chi connectivity index (χ4n) is 1.72. The van der Waals surface area contributed by atoms with Gasteiger partial charge in [0.2, 0.25) is 5.91 Å². The van der Waals surface area contributed by atoms with E-state index in [0.717, 1.165) is 4.90 Å². The SMILES string of the molecule is CCOc1ccccc1NC(=O)CSc1ccc(Cl)cc1. The molecule has 0 unspecified atom stereocenters. The summed E-state index contributed by atoms with van der Waals surface area (Å²) in [6.45, 7) is 2.47. The van der Waals surface area contributed by atoms with Crippen LogP contribution in [-0.4, -0.2) is 18.3 Å². The van der Waals surface area contributed by atoms with E-state index in [2.05, 4.69) is 5.32 Å². The average Bonchev–Trinajstić information content (AvgIpc) is 2.49. The normalized spacial score (nSPS) is 10.2. The molecule has 0 bridgehead atoms. The molecule has 21 heavy (non-hydrogen) atoms. The van der Waals surface area contributed by atoms with Gasteiger partial charge >= 0.3 is 0 Å². The molecular weight excluding hydrogens is 306 g/mol. The van der Waals surface area contributed by atoms with Crippen LogP contribution in [0.4, 0.5) is 5.69 Å². The lowest BCUT2D eigenvalue weighted by Gasteiger charge is -2.11. The van der Waals surface area contributed by atoms with E-state index in [-0.39, 0.29) is 5.91 Å². The fourth-order valence-corrected chi connectivity index (χ4v) is 2.54. The Morgan fingerprint density at radius 2 is 1.90 bits per heavy atom. The second kappa shape index (κ2) is 7.96. The van der Waals surface area contributed by atoms with Crippen molar-refractivity contribution in [2.75, 3.05) is 17.7 Å². The topological polar surface area (TPSA) is 38.3 Å². The average molecular weight is 322 g/mol. The standard InChI is InChI=1S/C16H16ClNO2S/c1-2-20-15-6-4-3-5-14(15)18-16(19)11-21-13-9-7-12(17)8-10-13/h3-10H,2,11H2,1H3,(H,18,19). The number of carbonyl (C=O) groups excluding carboxylic acids is 1. The summed E-state index contributed by atoms with van der Waals surface area (Å²) in [4.78, 5) is 13.0. The van der Waals surface area contributed by atoms with Gasteiger partial charge in [-0.15, -0.1) is 11.8 Å². The Bertz CT molecular complexity index is 601. The Labute approximate surface area is 133 Å². The number of nitrogens with one attached hydrogen (secondary N) is 1. The highest BCUT2D eigenvalue weighted by molar-refractivity contribution is 8.00. The summed E-state index contributed by atoms with van der Waals surface area (Å²) in [5.41, 5.74) is 0.695. The molecule has 0 saturated carbocycles. The summed E-state index contributed by atoms with van der Waals surface area (Å²) >= 11 is 7.29. The van der Waals surface area contributed by atoms with Crippen molar-refractivity contribution >= 4 is 35.0 Å². The molecule has 110 valence electrons. The van der Waals surface area contributed by atoms with Crippen molar-refractivity contribution in [1.82, 2.24) is 0 Å². The molecule has 0 heterocycles. The van der Waals surface area contributed by atoms with Crippen LogP contribution in [0.15, 0.2) is 53.4 Å². The zero-order valence-electron chi connectivity index (χ0n) is 11.6. The summed E-state index contributed by atoms with van der Waals surface area (Å²) in [7, 11) is 0. The zero-order valence-corrected chi connectivity index (χ0v) is 13.2. The molecule has 0 fully saturated rings. The maximum absolute atomic E-state index is 12.0. The Balaban J connectivity index is 1.91. The number of para-hydroxylation sites is 2. The quantitative estimate of drug-likeness (QED) is 0.798. The van der Waals surface area contributed by atoms with Crippen LogP contribution in [0, 0.1) is 0 Å². The lowest BCUT2D eigenvalue weighted by atomic mass is 10.3. The maximum Gasteiger partial charge on any atom is 0.234 e. The lowest BCUT2D eigenvalue weighted by molar-refractivity contribution is -0.113. The van der Waals surface area contributed by atoms with E-state index in [1.807, 2.05) is 55.5 Å². The Hall–Kier alpha value is -1.65. The molecule has 0 radical (unpaired) electrons. The molecule has 0 aromatic heterocycles. The van der Waals surface area contributed by atoms with Crippen LogP contribution in [0.25, 0.3) is 0 Å². The minimum Gasteiger partial charge on any atom is -0.492 e. The molecule has 0 aliphatic carbocycles. The first kappa shape index (κ1) is 15.7. The van der Waals surface area contributed by atoms with E-state index >= 15 is 0 Å². The van der Waals surface area contributed by atoms with Crippen LogP contribution in [0.2, 0.25) is 5.02 Å². The third-order valence-electron chi connectivity index (χ3n) is 2.64. The van der Waals surface area contributed by atoms with Gasteiger partial charge in [0, 0.05) is 9.92 Å². The molecule has 2 aromatic rings. The van der Waals surface area contributed by atoms with Crippen molar-refractivity contribution in [2.45, 2.75) is 11.8 Å². The van der Waals surface area contributed by atoms with Crippen molar-refractivity contribution in [3.63, 3.8) is 0 Å². The predicted octanol–water partition coefficient (Wildman–Crippen LogP) is 4.47. The third kappa shape index (κ3) is 4.99. The number of halogens is 1. The Morgan fingerprint density at radius 3 is 2.62 bits per heavy atom. The highest BCUT2D eigenvalue weighted by Gasteiger charge is 2.07. The molecule has 0 saturated heterocycles. The van der Waals surface area contributed by atoms with Gasteiger partial charge in [-0.25, -0.2) is 0 Å². The van der Waals surface area contributed by atoms with Gasteiger partial charge < -0.3 is 10.1 Å². The number of hydrogen-bond donors (Lipinski definition) is 1. The maximum atomic E-state index is 12.0. The lowest BCUT2D eigenvalue weighted by Crippen LogP contribution is -2.14. The molecule has 1 amide bonds. The van der Waals surface area contributed by atoms with E-state index in [1.54, 1.807) is 0 Å². The minimum atomic E-state index is -0.0675. The van der Waals surface area contributed by atoms with E-state index in [1.165, 1.54) is 11.8 Å². The number of amides is 1. The number of ether oxygens (including phenoxy) is 1. The molecule has 0 atom stereocenters. The Morgan fingerprint density at radius 1 is 1.19 bits per heavy atom. The minimum absolute atomic E-state index is 0.0675. The molecule has 5 heteroatoms. The first-order valence-electron chi connectivity index (χ1n) is 6.59. The fraction of sp³-hybridized carbons (Fsp3) is 0.188. The Kier molecular flexibility index (Phi) is 5.96. The first-order valence-corrected chi connectivity index (χ1v) is 7.95. The van der Waals surface area contributed by atoms with Crippen molar-refractivity contribution in [1.29, 1.82) is 0 Å². The van der Waals surface area contributed by atoms with E-state index in [4.69, 9.17) is 16.3 Å². The molecule has 1 N–H and O–H groups in total. The van der Waals surface area contributed by atoms with Crippen LogP contribution >= 0.6 is 23.4 Å². The molecule has 3 nitrogen and oxygen atoms in total. The zero-order chi connectivity index (χ0) is 15.1. The van der Waals surface area contributed by atoms with Crippen LogP contribution < -0.4 is 10.1 Å². The number of carbonyl (C=O) groups is 1. The van der Waals surface area contributed by atoms with Crippen molar-refractivity contribution in [3.05, 3.63) is 53.6 Å². The van der Waals surface area contributed by atoms with Gasteiger partial charge in [-0.1, -0.05) is 23.7 Å². The van der Waals surface area contributed by atoms with E-state index in [0.29, 0.717) is 28.8 Å². The van der Waals surface area contributed by atoms with Crippen LogP contribution in [0.1, 0.15) is 6.92 Å². The van der Waals surface area contributed by atoms with E-state index in [9.17, 15) is 4.79 Å². The van der Waals surface area contributed by atoms with Crippen molar-refractivity contribution < 1.29 is 9.53 Å². The van der Waals surface area contributed by atoms with Crippen LogP contribution in [0.5, 0.6) is 5.75 Å². The number of thioether (sulfide) groups is 1. The van der Waals surface area contributed by atoms with Gasteiger partial charge in [-0.3, -0.25) is 4.79 Å². The van der Waals surface area contributed by atoms with Gasteiger partial charge in [0.15, 0.2) is 0 Å². The van der Waals surface area contributed by atoms with E-state index < -0.39 is 0 Å². The molecule has 0 aliphatic heterocycles. The van der Waals surface area contributed by atoms with Crippen molar-refractivity contribution in [2.24, 2.45) is 0 Å². The van der Waals surface area contributed by atoms with Gasteiger partial charge in [0.25, 0.3) is 0 Å². The first-order chi connectivity index (χ1) is 10.2. The molecule has 2 rings (SSSR count). The highest BCUT2D eigenvalue weighted by atomic mass is 35.5. The summed E-state index contributed by atoms with van der Waals surface area (Å²) in [6.07, 6.45) is 0.